The number of likely N-dealkylation sites (N-methyl/N-ethyl adjacent to an activating group) is 1. The lowest BCUT2D eigenvalue weighted by molar-refractivity contribution is 0.321. The van der Waals surface area contributed by atoms with Gasteiger partial charge in [-0.1, -0.05) is 19.0 Å². The fourth-order valence-corrected chi connectivity index (χ4v) is 1.11. The molecule has 0 amide bonds. The maximum atomic E-state index is 5.90. The van der Waals surface area contributed by atoms with E-state index in [1.807, 2.05) is 27.9 Å². The van der Waals surface area contributed by atoms with Crippen molar-refractivity contribution in [1.29, 1.82) is 0 Å². The highest BCUT2D eigenvalue weighted by atomic mass is 16.5. The topological polar surface area (TPSA) is 68.2 Å². The van der Waals surface area contributed by atoms with Gasteiger partial charge in [0.2, 0.25) is 5.89 Å². The minimum absolute atomic E-state index is 0.161. The number of hydrogen-bond donors (Lipinski definition) is 1. The minimum Gasteiger partial charge on any atom is -0.338 e. The van der Waals surface area contributed by atoms with Gasteiger partial charge in [-0.3, -0.25) is 0 Å². The number of nitrogens with two attached hydrogens (primary N) is 1. The number of nitrogens with zero attached hydrogens (tertiary/aromatic N) is 3. The average molecular weight is 212 g/mol. The highest BCUT2D eigenvalue weighted by molar-refractivity contribution is 4.93. The van der Waals surface area contributed by atoms with Crippen molar-refractivity contribution < 1.29 is 4.52 Å². The van der Waals surface area contributed by atoms with Crippen LogP contribution in [0.25, 0.3) is 0 Å². The van der Waals surface area contributed by atoms with Crippen LogP contribution in [0, 0.1) is 5.92 Å². The maximum absolute atomic E-state index is 5.90. The Morgan fingerprint density at radius 1 is 1.40 bits per heavy atom. The molecule has 1 unspecified atom stereocenters. The molecule has 86 valence electrons. The molecule has 0 bridgehead atoms. The van der Waals surface area contributed by atoms with Gasteiger partial charge in [-0.2, -0.15) is 4.98 Å². The molecule has 0 aromatic carbocycles. The first-order chi connectivity index (χ1) is 7.00. The van der Waals surface area contributed by atoms with E-state index in [4.69, 9.17) is 10.3 Å². The molecule has 0 fully saturated rings. The Hall–Kier alpha value is -0.940. The van der Waals surface area contributed by atoms with E-state index in [9.17, 15) is 0 Å². The molecule has 0 radical (unpaired) electrons. The molecule has 0 aliphatic rings. The van der Waals surface area contributed by atoms with Gasteiger partial charge >= 0.3 is 0 Å². The Balaban J connectivity index is 2.56. The van der Waals surface area contributed by atoms with Crippen molar-refractivity contribution in [3.8, 4) is 0 Å². The quantitative estimate of drug-likeness (QED) is 0.783. The van der Waals surface area contributed by atoms with Gasteiger partial charge < -0.3 is 15.2 Å². The maximum Gasteiger partial charge on any atom is 0.243 e. The number of aromatic nitrogens is 2. The Bertz CT molecular complexity index is 295. The molecule has 1 aromatic heterocycles. The SMILES string of the molecule is CC(C)C(N)c1nc(CCN(C)C)no1. The molecule has 1 atom stereocenters. The largest absolute Gasteiger partial charge is 0.338 e. The fraction of sp³-hybridized carbons (Fsp3) is 0.800. The highest BCUT2D eigenvalue weighted by Crippen LogP contribution is 2.16. The molecule has 2 N–H and O–H groups in total. The summed E-state index contributed by atoms with van der Waals surface area (Å²) >= 11 is 0. The molecule has 15 heavy (non-hydrogen) atoms. The van der Waals surface area contributed by atoms with Crippen molar-refractivity contribution in [2.75, 3.05) is 20.6 Å². The van der Waals surface area contributed by atoms with Crippen LogP contribution in [-0.2, 0) is 6.42 Å². The third kappa shape index (κ3) is 3.60. The molecule has 0 spiro atoms. The summed E-state index contributed by atoms with van der Waals surface area (Å²) in [7, 11) is 4.03. The Morgan fingerprint density at radius 3 is 2.60 bits per heavy atom. The molecule has 0 aliphatic carbocycles. The lowest BCUT2D eigenvalue weighted by atomic mass is 10.1. The second-order valence-corrected chi connectivity index (χ2v) is 4.37. The first-order valence-corrected chi connectivity index (χ1v) is 5.23. The Kier molecular flexibility index (Phi) is 4.23. The molecule has 0 aliphatic heterocycles. The van der Waals surface area contributed by atoms with E-state index < -0.39 is 0 Å². The molecular weight excluding hydrogens is 192 g/mol. The first kappa shape index (κ1) is 12.1. The van der Waals surface area contributed by atoms with Gasteiger partial charge in [-0.25, -0.2) is 0 Å². The van der Waals surface area contributed by atoms with Crippen LogP contribution in [-0.4, -0.2) is 35.7 Å². The van der Waals surface area contributed by atoms with Crippen LogP contribution in [0.5, 0.6) is 0 Å². The molecule has 1 rings (SSSR count). The molecule has 1 heterocycles. The molecular formula is C10H20N4O. The molecule has 5 heteroatoms. The van der Waals surface area contributed by atoms with E-state index in [0.29, 0.717) is 11.8 Å². The molecule has 0 saturated heterocycles. The van der Waals surface area contributed by atoms with Gasteiger partial charge in [-0.15, -0.1) is 0 Å². The van der Waals surface area contributed by atoms with E-state index in [0.717, 1.165) is 18.8 Å². The lowest BCUT2D eigenvalue weighted by Crippen LogP contribution is -2.18. The third-order valence-corrected chi connectivity index (χ3v) is 2.27. The van der Waals surface area contributed by atoms with Crippen LogP contribution in [0.4, 0.5) is 0 Å². The first-order valence-electron chi connectivity index (χ1n) is 5.23. The van der Waals surface area contributed by atoms with Gasteiger partial charge in [0.25, 0.3) is 0 Å². The van der Waals surface area contributed by atoms with Crippen molar-refractivity contribution in [1.82, 2.24) is 15.0 Å². The zero-order chi connectivity index (χ0) is 11.4. The van der Waals surface area contributed by atoms with Gasteiger partial charge in [-0.05, 0) is 20.0 Å². The van der Waals surface area contributed by atoms with E-state index in [-0.39, 0.29) is 6.04 Å². The smallest absolute Gasteiger partial charge is 0.243 e. The Morgan fingerprint density at radius 2 is 2.07 bits per heavy atom. The van der Waals surface area contributed by atoms with Crippen molar-refractivity contribution in [3.63, 3.8) is 0 Å². The lowest BCUT2D eigenvalue weighted by Gasteiger charge is -2.09. The van der Waals surface area contributed by atoms with Crippen LogP contribution in [0.3, 0.4) is 0 Å². The monoisotopic (exact) mass is 212 g/mol. The summed E-state index contributed by atoms with van der Waals surface area (Å²) in [5.41, 5.74) is 5.90. The number of hydrogen-bond acceptors (Lipinski definition) is 5. The highest BCUT2D eigenvalue weighted by Gasteiger charge is 2.17. The summed E-state index contributed by atoms with van der Waals surface area (Å²) in [6, 6.07) is -0.161. The van der Waals surface area contributed by atoms with Gasteiger partial charge in [0.15, 0.2) is 5.82 Å². The summed E-state index contributed by atoms with van der Waals surface area (Å²) in [6.45, 7) is 4.98. The molecule has 5 nitrogen and oxygen atoms in total. The average Bonchev–Trinajstić information content (AvgIpc) is 2.61. The van der Waals surface area contributed by atoms with Crippen LogP contribution in [0.15, 0.2) is 4.52 Å². The van der Waals surface area contributed by atoms with E-state index in [1.165, 1.54) is 0 Å². The zero-order valence-corrected chi connectivity index (χ0v) is 9.90. The van der Waals surface area contributed by atoms with Crippen molar-refractivity contribution in [2.24, 2.45) is 11.7 Å². The van der Waals surface area contributed by atoms with Crippen LogP contribution >= 0.6 is 0 Å². The van der Waals surface area contributed by atoms with Gasteiger partial charge in [0, 0.05) is 13.0 Å². The Labute approximate surface area is 90.6 Å². The summed E-state index contributed by atoms with van der Waals surface area (Å²) in [5, 5.41) is 3.90. The van der Waals surface area contributed by atoms with Crippen molar-refractivity contribution >= 4 is 0 Å². The second-order valence-electron chi connectivity index (χ2n) is 4.37. The van der Waals surface area contributed by atoms with Gasteiger partial charge in [0.05, 0.1) is 6.04 Å². The van der Waals surface area contributed by atoms with E-state index in [2.05, 4.69) is 15.0 Å². The summed E-state index contributed by atoms with van der Waals surface area (Å²) < 4.78 is 5.12. The van der Waals surface area contributed by atoms with Gasteiger partial charge in [0.1, 0.15) is 0 Å². The van der Waals surface area contributed by atoms with Crippen molar-refractivity contribution in [2.45, 2.75) is 26.3 Å². The van der Waals surface area contributed by atoms with Crippen molar-refractivity contribution in [3.05, 3.63) is 11.7 Å². The third-order valence-electron chi connectivity index (χ3n) is 2.27. The summed E-state index contributed by atoms with van der Waals surface area (Å²) in [5.74, 6) is 1.58. The minimum atomic E-state index is -0.161. The summed E-state index contributed by atoms with van der Waals surface area (Å²) in [4.78, 5) is 6.36. The normalized spacial score (nSPS) is 13.8. The number of rotatable bonds is 5. The fourth-order valence-electron chi connectivity index (χ4n) is 1.11. The molecule has 0 saturated carbocycles. The standard InChI is InChI=1S/C10H20N4O/c1-7(2)9(11)10-12-8(13-15-10)5-6-14(3)4/h7,9H,5-6,11H2,1-4H3. The summed E-state index contributed by atoms with van der Waals surface area (Å²) in [6.07, 6.45) is 0.793. The van der Waals surface area contributed by atoms with Crippen LogP contribution in [0.2, 0.25) is 0 Å². The van der Waals surface area contributed by atoms with E-state index in [1.54, 1.807) is 0 Å². The zero-order valence-electron chi connectivity index (χ0n) is 9.90. The van der Waals surface area contributed by atoms with Crippen LogP contribution in [0.1, 0.15) is 31.6 Å². The van der Waals surface area contributed by atoms with E-state index >= 15 is 0 Å². The predicted octanol–water partition coefficient (Wildman–Crippen LogP) is 0.829. The predicted molar refractivity (Wildman–Crippen MR) is 58.3 cm³/mol. The van der Waals surface area contributed by atoms with Crippen LogP contribution < -0.4 is 5.73 Å². The second kappa shape index (κ2) is 5.23. The molecule has 1 aromatic rings.